The number of hydrogen-bond donors (Lipinski definition) is 0. The van der Waals surface area contributed by atoms with Crippen LogP contribution in [-0.4, -0.2) is 15.9 Å². The summed E-state index contributed by atoms with van der Waals surface area (Å²) >= 11 is 0. The van der Waals surface area contributed by atoms with E-state index < -0.39 is 0 Å². The van der Waals surface area contributed by atoms with E-state index in [0.717, 1.165) is 5.70 Å². The summed E-state index contributed by atoms with van der Waals surface area (Å²) in [5.74, 6) is 0.450. The molecule has 4 heteroatoms. The van der Waals surface area contributed by atoms with Crippen LogP contribution in [0.1, 0.15) is 12.8 Å². The zero-order chi connectivity index (χ0) is 9.26. The van der Waals surface area contributed by atoms with Gasteiger partial charge in [-0.25, -0.2) is 9.97 Å². The monoisotopic (exact) mass is 175 g/mol. The lowest BCUT2D eigenvalue weighted by Gasteiger charge is -2.13. The zero-order valence-corrected chi connectivity index (χ0v) is 7.10. The second-order valence-electron chi connectivity index (χ2n) is 2.84. The van der Waals surface area contributed by atoms with Crippen molar-refractivity contribution < 1.29 is 4.79 Å². The first kappa shape index (κ1) is 7.91. The maximum Gasteiger partial charge on any atom is 0.236 e. The summed E-state index contributed by atoms with van der Waals surface area (Å²) in [5, 5.41) is 0. The van der Waals surface area contributed by atoms with Crippen molar-refractivity contribution in [2.45, 2.75) is 12.8 Å². The number of carbonyl (C=O) groups is 1. The number of aromatic nitrogens is 2. The third-order valence-electron chi connectivity index (χ3n) is 1.95. The van der Waals surface area contributed by atoms with E-state index in [4.69, 9.17) is 0 Å². The van der Waals surface area contributed by atoms with Crippen molar-refractivity contribution in [1.29, 1.82) is 0 Å². The normalized spacial score (nSPS) is 16.8. The lowest BCUT2D eigenvalue weighted by Crippen LogP contribution is -2.23. The number of rotatable bonds is 1. The lowest BCUT2D eigenvalue weighted by atomic mass is 10.3. The third kappa shape index (κ3) is 1.30. The van der Waals surface area contributed by atoms with E-state index in [1.165, 1.54) is 4.90 Å². The van der Waals surface area contributed by atoms with Gasteiger partial charge < -0.3 is 0 Å². The van der Waals surface area contributed by atoms with Crippen molar-refractivity contribution in [3.05, 3.63) is 30.7 Å². The Labute approximate surface area is 75.9 Å². The summed E-state index contributed by atoms with van der Waals surface area (Å²) in [5.41, 5.74) is 0.774. The first-order valence-corrected chi connectivity index (χ1v) is 4.07. The fourth-order valence-electron chi connectivity index (χ4n) is 1.31. The van der Waals surface area contributed by atoms with E-state index in [1.807, 2.05) is 0 Å². The van der Waals surface area contributed by atoms with Gasteiger partial charge in [-0.05, 0) is 12.5 Å². The molecule has 0 spiro atoms. The molecule has 0 radical (unpaired) electrons. The Kier molecular flexibility index (Phi) is 1.81. The van der Waals surface area contributed by atoms with Crippen LogP contribution in [0.4, 0.5) is 5.95 Å². The Morgan fingerprint density at radius 1 is 1.31 bits per heavy atom. The molecule has 4 nitrogen and oxygen atoms in total. The Bertz CT molecular complexity index is 331. The van der Waals surface area contributed by atoms with Gasteiger partial charge in [0.2, 0.25) is 11.9 Å². The summed E-state index contributed by atoms with van der Waals surface area (Å²) in [4.78, 5) is 20.8. The Balaban J connectivity index is 2.36. The maximum atomic E-state index is 11.4. The van der Waals surface area contributed by atoms with Crippen LogP contribution in [0.2, 0.25) is 0 Å². The smallest absolute Gasteiger partial charge is 0.236 e. The average molecular weight is 175 g/mol. The molecule has 2 rings (SSSR count). The van der Waals surface area contributed by atoms with Gasteiger partial charge in [0.25, 0.3) is 0 Å². The van der Waals surface area contributed by atoms with Crippen molar-refractivity contribution >= 4 is 11.9 Å². The number of allylic oxidation sites excluding steroid dienone is 1. The minimum absolute atomic E-state index is 0.0243. The van der Waals surface area contributed by atoms with Crippen LogP contribution in [0.5, 0.6) is 0 Å². The molecule has 13 heavy (non-hydrogen) atoms. The molecule has 0 aromatic carbocycles. The SMILES string of the molecule is C=C1CCC(=O)N1c1ncccn1. The van der Waals surface area contributed by atoms with E-state index in [-0.39, 0.29) is 5.91 Å². The molecule has 0 aliphatic carbocycles. The van der Waals surface area contributed by atoms with E-state index >= 15 is 0 Å². The predicted octanol–water partition coefficient (Wildman–Crippen LogP) is 1.12. The first-order chi connectivity index (χ1) is 6.29. The first-order valence-electron chi connectivity index (χ1n) is 4.07. The molecule has 1 saturated heterocycles. The van der Waals surface area contributed by atoms with Gasteiger partial charge in [0.1, 0.15) is 0 Å². The van der Waals surface area contributed by atoms with Crippen LogP contribution in [0.3, 0.4) is 0 Å². The van der Waals surface area contributed by atoms with E-state index in [0.29, 0.717) is 18.8 Å². The Hall–Kier alpha value is -1.71. The van der Waals surface area contributed by atoms with Gasteiger partial charge in [-0.15, -0.1) is 0 Å². The van der Waals surface area contributed by atoms with E-state index in [9.17, 15) is 4.79 Å². The van der Waals surface area contributed by atoms with Crippen molar-refractivity contribution in [2.24, 2.45) is 0 Å². The molecule has 1 aliphatic rings. The highest BCUT2D eigenvalue weighted by atomic mass is 16.2. The van der Waals surface area contributed by atoms with Gasteiger partial charge in [0, 0.05) is 24.5 Å². The fraction of sp³-hybridized carbons (Fsp3) is 0.222. The van der Waals surface area contributed by atoms with Crippen LogP contribution in [0.25, 0.3) is 0 Å². The van der Waals surface area contributed by atoms with Gasteiger partial charge in [-0.1, -0.05) is 6.58 Å². The van der Waals surface area contributed by atoms with Gasteiger partial charge in [0.15, 0.2) is 0 Å². The molecular formula is C9H9N3O. The van der Waals surface area contributed by atoms with Crippen LogP contribution >= 0.6 is 0 Å². The summed E-state index contributed by atoms with van der Waals surface area (Å²) in [6.45, 7) is 3.79. The minimum atomic E-state index is 0.0243. The van der Waals surface area contributed by atoms with Gasteiger partial charge in [-0.2, -0.15) is 0 Å². The molecule has 0 N–H and O–H groups in total. The highest BCUT2D eigenvalue weighted by molar-refractivity contribution is 5.97. The molecule has 1 fully saturated rings. The molecular weight excluding hydrogens is 166 g/mol. The number of nitrogens with zero attached hydrogens (tertiary/aromatic N) is 3. The standard InChI is InChI=1S/C9H9N3O/c1-7-3-4-8(13)12(7)9-10-5-2-6-11-9/h2,5-6H,1,3-4H2. The van der Waals surface area contributed by atoms with Gasteiger partial charge in [-0.3, -0.25) is 9.69 Å². The fourth-order valence-corrected chi connectivity index (χ4v) is 1.31. The third-order valence-corrected chi connectivity index (χ3v) is 1.95. The molecule has 1 aromatic rings. The number of anilines is 1. The molecule has 0 unspecified atom stereocenters. The van der Waals surface area contributed by atoms with E-state index in [1.54, 1.807) is 18.5 Å². The summed E-state index contributed by atoms with van der Waals surface area (Å²) in [7, 11) is 0. The highest BCUT2D eigenvalue weighted by Gasteiger charge is 2.27. The molecule has 2 heterocycles. The lowest BCUT2D eigenvalue weighted by molar-refractivity contribution is -0.117. The van der Waals surface area contributed by atoms with Crippen molar-refractivity contribution in [3.63, 3.8) is 0 Å². The van der Waals surface area contributed by atoms with Crippen LogP contribution in [-0.2, 0) is 4.79 Å². The second-order valence-corrected chi connectivity index (χ2v) is 2.84. The topological polar surface area (TPSA) is 46.1 Å². The number of hydrogen-bond acceptors (Lipinski definition) is 3. The Morgan fingerprint density at radius 2 is 2.00 bits per heavy atom. The van der Waals surface area contributed by atoms with Crippen molar-refractivity contribution in [3.8, 4) is 0 Å². The van der Waals surface area contributed by atoms with Crippen LogP contribution < -0.4 is 4.90 Å². The van der Waals surface area contributed by atoms with Crippen LogP contribution in [0.15, 0.2) is 30.7 Å². The molecule has 1 aromatic heterocycles. The second kappa shape index (κ2) is 2.97. The molecule has 1 aliphatic heterocycles. The van der Waals surface area contributed by atoms with Crippen molar-refractivity contribution in [2.75, 3.05) is 4.90 Å². The van der Waals surface area contributed by atoms with Crippen LogP contribution in [0, 0.1) is 0 Å². The maximum absolute atomic E-state index is 11.4. The zero-order valence-electron chi connectivity index (χ0n) is 7.10. The summed E-state index contributed by atoms with van der Waals surface area (Å²) in [6, 6.07) is 1.72. The van der Waals surface area contributed by atoms with Gasteiger partial charge >= 0.3 is 0 Å². The van der Waals surface area contributed by atoms with Crippen molar-refractivity contribution in [1.82, 2.24) is 9.97 Å². The molecule has 0 atom stereocenters. The van der Waals surface area contributed by atoms with Gasteiger partial charge in [0.05, 0.1) is 0 Å². The summed E-state index contributed by atoms with van der Waals surface area (Å²) in [6.07, 6.45) is 4.44. The quantitative estimate of drug-likeness (QED) is 0.642. The predicted molar refractivity (Wildman–Crippen MR) is 47.9 cm³/mol. The molecule has 0 saturated carbocycles. The molecule has 0 bridgehead atoms. The molecule has 66 valence electrons. The molecule has 1 amide bonds. The largest absolute Gasteiger partial charge is 0.274 e. The minimum Gasteiger partial charge on any atom is -0.274 e. The number of amides is 1. The number of carbonyl (C=O) groups excluding carboxylic acids is 1. The highest BCUT2D eigenvalue weighted by Crippen LogP contribution is 2.24. The average Bonchev–Trinajstić information content (AvgIpc) is 2.48. The van der Waals surface area contributed by atoms with E-state index in [2.05, 4.69) is 16.5 Å². The Morgan fingerprint density at radius 3 is 2.54 bits per heavy atom. The summed E-state index contributed by atoms with van der Waals surface area (Å²) < 4.78 is 0.